The molecule has 0 bridgehead atoms. The average molecular weight is 1350 g/mol. The van der Waals surface area contributed by atoms with Crippen molar-refractivity contribution in [1.82, 2.24) is 0 Å². The maximum atomic E-state index is 12.8. The van der Waals surface area contributed by atoms with Crippen molar-refractivity contribution < 1.29 is 37.6 Å². The van der Waals surface area contributed by atoms with Crippen LogP contribution >= 0.6 is 7.82 Å². The highest BCUT2D eigenvalue weighted by molar-refractivity contribution is 7.47. The van der Waals surface area contributed by atoms with Crippen LogP contribution < -0.4 is 5.73 Å². The molecule has 0 radical (unpaired) electrons. The minimum atomic E-state index is -4.40. The Morgan fingerprint density at radius 1 is 0.326 bits per heavy atom. The first-order valence-corrected chi connectivity index (χ1v) is 42.2. The summed E-state index contributed by atoms with van der Waals surface area (Å²) >= 11 is 0. The average Bonchev–Trinajstić information content (AvgIpc) is 3.25. The van der Waals surface area contributed by atoms with Gasteiger partial charge in [-0.3, -0.25) is 18.6 Å². The van der Waals surface area contributed by atoms with E-state index in [9.17, 15) is 19.0 Å². The summed E-state index contributed by atoms with van der Waals surface area (Å²) in [6, 6.07) is 0. The van der Waals surface area contributed by atoms with Crippen LogP contribution in [-0.4, -0.2) is 49.3 Å². The number of esters is 2. The van der Waals surface area contributed by atoms with E-state index in [1.165, 1.54) is 276 Å². The highest BCUT2D eigenvalue weighted by atomic mass is 31.2. The third kappa shape index (κ3) is 79.8. The molecule has 0 saturated heterocycles. The number of nitrogens with two attached hydrogens (primary N) is 1. The Hall–Kier alpha value is -3.07. The molecule has 552 valence electrons. The smallest absolute Gasteiger partial charge is 0.462 e. The largest absolute Gasteiger partial charge is 0.472 e. The molecule has 9 nitrogen and oxygen atoms in total. The molecule has 2 unspecified atom stereocenters. The summed E-state index contributed by atoms with van der Waals surface area (Å²) < 4.78 is 33.3. The van der Waals surface area contributed by atoms with E-state index in [2.05, 4.69) is 111 Å². The van der Waals surface area contributed by atoms with Crippen molar-refractivity contribution in [2.75, 3.05) is 26.4 Å². The van der Waals surface area contributed by atoms with E-state index < -0.39 is 26.5 Å². The fourth-order valence-electron chi connectivity index (χ4n) is 12.0. The fraction of sp³-hybridized carbons (Fsp3) is 0.788. The molecule has 0 aliphatic heterocycles. The normalized spacial score (nSPS) is 13.3. The van der Waals surface area contributed by atoms with E-state index in [1.807, 2.05) is 0 Å². The molecule has 0 aromatic rings. The number of hydrogen-bond donors (Lipinski definition) is 2. The van der Waals surface area contributed by atoms with Gasteiger partial charge in [0.15, 0.2) is 6.10 Å². The summed E-state index contributed by atoms with van der Waals surface area (Å²) in [5.74, 6) is -0.818. The minimum Gasteiger partial charge on any atom is -0.462 e. The summed E-state index contributed by atoms with van der Waals surface area (Å²) in [7, 11) is -4.40. The Morgan fingerprint density at radius 3 is 0.874 bits per heavy atom. The lowest BCUT2D eigenvalue weighted by Crippen LogP contribution is -2.29. The van der Waals surface area contributed by atoms with Gasteiger partial charge in [0.25, 0.3) is 0 Å². The van der Waals surface area contributed by atoms with Gasteiger partial charge < -0.3 is 20.1 Å². The first-order valence-electron chi connectivity index (χ1n) is 40.7. The van der Waals surface area contributed by atoms with Crippen molar-refractivity contribution in [3.05, 3.63) is 97.2 Å². The summed E-state index contributed by atoms with van der Waals surface area (Å²) in [5, 5.41) is 0. The van der Waals surface area contributed by atoms with Crippen molar-refractivity contribution in [2.45, 2.75) is 405 Å². The van der Waals surface area contributed by atoms with Crippen molar-refractivity contribution in [3.8, 4) is 0 Å². The van der Waals surface area contributed by atoms with E-state index in [-0.39, 0.29) is 38.6 Å². The topological polar surface area (TPSA) is 134 Å². The third-order valence-electron chi connectivity index (χ3n) is 18.0. The molecule has 0 heterocycles. The van der Waals surface area contributed by atoms with E-state index in [4.69, 9.17) is 24.3 Å². The Bertz CT molecular complexity index is 1890. The van der Waals surface area contributed by atoms with Crippen LogP contribution in [0.15, 0.2) is 97.2 Å². The summed E-state index contributed by atoms with van der Waals surface area (Å²) in [4.78, 5) is 35.5. The quantitative estimate of drug-likeness (QED) is 0.0264. The first-order chi connectivity index (χ1) is 46.8. The molecule has 0 aromatic carbocycles. The second-order valence-corrected chi connectivity index (χ2v) is 28.7. The molecule has 0 spiro atoms. The molecular formula is C85H154NO8P. The zero-order chi connectivity index (χ0) is 68.6. The lowest BCUT2D eigenvalue weighted by atomic mass is 10.0. The second kappa shape index (κ2) is 79.9. The van der Waals surface area contributed by atoms with Gasteiger partial charge in [0.05, 0.1) is 13.2 Å². The predicted octanol–water partition coefficient (Wildman–Crippen LogP) is 27.4. The Labute approximate surface area is 588 Å². The van der Waals surface area contributed by atoms with E-state index >= 15 is 0 Å². The van der Waals surface area contributed by atoms with Crippen LogP contribution in [0.2, 0.25) is 0 Å². The number of carbonyl (C=O) groups excluding carboxylic acids is 2. The van der Waals surface area contributed by atoms with Crippen molar-refractivity contribution in [1.29, 1.82) is 0 Å². The fourth-order valence-corrected chi connectivity index (χ4v) is 12.7. The second-order valence-electron chi connectivity index (χ2n) is 27.3. The van der Waals surface area contributed by atoms with Crippen molar-refractivity contribution in [2.24, 2.45) is 5.73 Å². The van der Waals surface area contributed by atoms with Gasteiger partial charge >= 0.3 is 19.8 Å². The Balaban J connectivity index is 3.78. The van der Waals surface area contributed by atoms with Gasteiger partial charge in [-0.2, -0.15) is 0 Å². The highest BCUT2D eigenvalue weighted by Crippen LogP contribution is 2.43. The molecule has 10 heteroatoms. The zero-order valence-corrected chi connectivity index (χ0v) is 63.3. The summed E-state index contributed by atoms with van der Waals surface area (Å²) in [5.41, 5.74) is 5.42. The summed E-state index contributed by atoms with van der Waals surface area (Å²) in [6.07, 6.45) is 110. The molecule has 0 amide bonds. The molecular weight excluding hydrogens is 1190 g/mol. The third-order valence-corrected chi connectivity index (χ3v) is 18.9. The number of hydrogen-bond acceptors (Lipinski definition) is 8. The van der Waals surface area contributed by atoms with Crippen LogP contribution in [0.4, 0.5) is 0 Å². The Morgan fingerprint density at radius 2 is 0.579 bits per heavy atom. The number of ether oxygens (including phenoxy) is 2. The van der Waals surface area contributed by atoms with Crippen molar-refractivity contribution in [3.63, 3.8) is 0 Å². The van der Waals surface area contributed by atoms with Crippen LogP contribution in [0.1, 0.15) is 399 Å². The van der Waals surface area contributed by atoms with Crippen LogP contribution in [-0.2, 0) is 32.7 Å². The van der Waals surface area contributed by atoms with Gasteiger partial charge in [0.1, 0.15) is 6.61 Å². The lowest BCUT2D eigenvalue weighted by molar-refractivity contribution is -0.161. The van der Waals surface area contributed by atoms with Gasteiger partial charge in [-0.15, -0.1) is 0 Å². The van der Waals surface area contributed by atoms with Gasteiger partial charge in [-0.05, 0) is 96.3 Å². The number of phosphoric acid groups is 1. The first kappa shape index (κ1) is 91.9. The molecule has 0 aliphatic carbocycles. The van der Waals surface area contributed by atoms with E-state index in [1.54, 1.807) is 0 Å². The summed E-state index contributed by atoms with van der Waals surface area (Å²) in [6.45, 7) is 3.68. The molecule has 0 fully saturated rings. The van der Waals surface area contributed by atoms with E-state index in [0.717, 1.165) is 89.9 Å². The van der Waals surface area contributed by atoms with Gasteiger partial charge in [0.2, 0.25) is 0 Å². The van der Waals surface area contributed by atoms with Gasteiger partial charge in [-0.1, -0.05) is 387 Å². The van der Waals surface area contributed by atoms with Crippen LogP contribution in [0, 0.1) is 0 Å². The standard InChI is InChI=1S/C85H154NO8P/c1-3-5-7-9-11-13-15-17-19-21-23-25-27-29-31-33-35-37-38-39-40-41-42-43-44-46-47-49-51-53-55-57-59-61-63-65-67-69-71-73-75-77-84(87)91-81-83(82-93-95(89,90)92-80-79-86)94-85(88)78-76-74-72-70-68-66-64-62-60-58-56-54-52-50-48-45-36-34-32-30-28-26-24-22-20-18-16-14-12-10-8-6-4-2/h6,8,12,14,18,20-21,23-24,26,30,32,36,45,50,52,83H,3-5,7,9-11,13,15-17,19,22,25,27-29,31,33-35,37-44,46-49,51,53-82,86H2,1-2H3,(H,89,90)/b8-6-,14-12-,20-18-,23-21-,26-24-,32-30-,45-36-,52-50-. The molecule has 0 rings (SSSR count). The van der Waals surface area contributed by atoms with Crippen molar-refractivity contribution >= 4 is 19.8 Å². The predicted molar refractivity (Wildman–Crippen MR) is 413 cm³/mol. The molecule has 2 atom stereocenters. The molecule has 0 aromatic heterocycles. The maximum absolute atomic E-state index is 12.8. The number of carbonyl (C=O) groups is 2. The van der Waals surface area contributed by atoms with Crippen LogP contribution in [0.3, 0.4) is 0 Å². The van der Waals surface area contributed by atoms with Gasteiger partial charge in [0, 0.05) is 19.4 Å². The number of allylic oxidation sites excluding steroid dienone is 16. The van der Waals surface area contributed by atoms with E-state index in [0.29, 0.717) is 6.42 Å². The molecule has 0 saturated carbocycles. The van der Waals surface area contributed by atoms with Crippen LogP contribution in [0.25, 0.3) is 0 Å². The minimum absolute atomic E-state index is 0.0511. The lowest BCUT2D eigenvalue weighted by Gasteiger charge is -2.19. The monoisotopic (exact) mass is 1350 g/mol. The number of unbranched alkanes of at least 4 members (excludes halogenated alkanes) is 48. The number of phosphoric ester groups is 1. The molecule has 3 N–H and O–H groups in total. The number of rotatable bonds is 77. The maximum Gasteiger partial charge on any atom is 0.472 e. The molecule has 95 heavy (non-hydrogen) atoms. The highest BCUT2D eigenvalue weighted by Gasteiger charge is 2.26. The molecule has 0 aliphatic rings. The SMILES string of the molecule is CC/C=C\C/C=C\C/C=C\C/C=C\C/C=C\C/C=C\C/C=C\CCCCCCCCCCCCCC(=O)OC(COC(=O)CCCCCCCCCCCCCCCCCCCCCCCCCCCCCCC/C=C\CCCCCCCCCC)COP(=O)(O)OCCN. The van der Waals surface area contributed by atoms with Crippen LogP contribution in [0.5, 0.6) is 0 Å². The zero-order valence-electron chi connectivity index (χ0n) is 62.4. The Kier molecular flexibility index (Phi) is 77.3. The van der Waals surface area contributed by atoms with Gasteiger partial charge in [-0.25, -0.2) is 4.57 Å².